The molecule has 178 valence electrons. The predicted molar refractivity (Wildman–Crippen MR) is 134 cm³/mol. The summed E-state index contributed by atoms with van der Waals surface area (Å²) in [5, 5.41) is 8.63. The van der Waals surface area contributed by atoms with Crippen molar-refractivity contribution < 1.29 is 14.3 Å². The monoisotopic (exact) mass is 452 g/mol. The van der Waals surface area contributed by atoms with Gasteiger partial charge in [-0.25, -0.2) is 0 Å². The first-order chi connectivity index (χ1) is 15.8. The number of carbonyl (C=O) groups is 2. The van der Waals surface area contributed by atoms with Gasteiger partial charge in [-0.3, -0.25) is 9.59 Å². The summed E-state index contributed by atoms with van der Waals surface area (Å²) >= 11 is 0. The van der Waals surface area contributed by atoms with Crippen molar-refractivity contribution in [1.82, 2.24) is 10.6 Å². The number of nitrogens with one attached hydrogen (secondary N) is 3. The van der Waals surface area contributed by atoms with Gasteiger partial charge >= 0.3 is 0 Å². The molecule has 0 spiro atoms. The molecule has 0 bridgehead atoms. The van der Waals surface area contributed by atoms with E-state index in [4.69, 9.17) is 10.5 Å². The Morgan fingerprint density at radius 2 is 2.00 bits per heavy atom. The lowest BCUT2D eigenvalue weighted by atomic mass is 10.0. The number of rotatable bonds is 13. The summed E-state index contributed by atoms with van der Waals surface area (Å²) in [6.45, 7) is 10.6. The van der Waals surface area contributed by atoms with Crippen molar-refractivity contribution in [3.05, 3.63) is 71.6 Å². The number of anilines is 1. The molecule has 1 saturated carbocycles. The van der Waals surface area contributed by atoms with E-state index < -0.39 is 0 Å². The van der Waals surface area contributed by atoms with E-state index in [0.29, 0.717) is 29.4 Å². The topological polar surface area (TPSA) is 105 Å². The van der Waals surface area contributed by atoms with Gasteiger partial charge in [-0.05, 0) is 57.7 Å². The molecule has 0 unspecified atom stereocenters. The van der Waals surface area contributed by atoms with Crippen LogP contribution in [0.25, 0.3) is 0 Å². The summed E-state index contributed by atoms with van der Waals surface area (Å²) in [6, 6.07) is 5.81. The standard InChI is InChI=1S/C26H36N4O3/c1-17(9-6-7-14-27)15-21-10-8-11-22(24(21)33-5)30-23(19(3)25(31)28-4)16-18(2)29-26(32)20-12-13-20/h8-11,16,20,30H,2-3,6-7,12-15,27H2,1,4-5H3,(H,28,31)(H,29,32)/b17-9-,23-16+. The van der Waals surface area contributed by atoms with Crippen LogP contribution in [0.5, 0.6) is 5.75 Å². The lowest BCUT2D eigenvalue weighted by molar-refractivity contribution is -0.121. The predicted octanol–water partition coefficient (Wildman–Crippen LogP) is 3.56. The number of hydrogen-bond donors (Lipinski definition) is 4. The van der Waals surface area contributed by atoms with E-state index >= 15 is 0 Å². The van der Waals surface area contributed by atoms with E-state index in [0.717, 1.165) is 37.7 Å². The smallest absolute Gasteiger partial charge is 0.252 e. The van der Waals surface area contributed by atoms with Crippen LogP contribution in [0.2, 0.25) is 0 Å². The van der Waals surface area contributed by atoms with Gasteiger partial charge in [0.05, 0.1) is 24.1 Å². The second-order valence-electron chi connectivity index (χ2n) is 8.19. The molecule has 1 fully saturated rings. The van der Waals surface area contributed by atoms with E-state index in [2.05, 4.69) is 42.1 Å². The van der Waals surface area contributed by atoms with Crippen LogP contribution in [0.1, 0.15) is 38.2 Å². The molecule has 0 saturated heterocycles. The Bertz CT molecular complexity index is 958. The maximum Gasteiger partial charge on any atom is 0.252 e. The number of likely N-dealkylation sites (N-methyl/N-ethyl adjacent to an activating group) is 1. The zero-order chi connectivity index (χ0) is 24.4. The molecule has 1 aliphatic rings. The number of allylic oxidation sites excluding steroid dienone is 3. The minimum Gasteiger partial charge on any atom is -0.494 e. The Labute approximate surface area is 196 Å². The first kappa shape index (κ1) is 25.9. The molecule has 0 atom stereocenters. The highest BCUT2D eigenvalue weighted by atomic mass is 16.5. The largest absolute Gasteiger partial charge is 0.494 e. The fourth-order valence-electron chi connectivity index (χ4n) is 3.34. The van der Waals surface area contributed by atoms with Crippen LogP contribution < -0.4 is 26.4 Å². The highest BCUT2D eigenvalue weighted by molar-refractivity contribution is 5.98. The van der Waals surface area contributed by atoms with Crippen molar-refractivity contribution in [3.63, 3.8) is 0 Å². The molecule has 2 amide bonds. The Morgan fingerprint density at radius 3 is 2.61 bits per heavy atom. The number of carbonyl (C=O) groups excluding carboxylic acids is 2. The minimum atomic E-state index is -0.344. The van der Waals surface area contributed by atoms with Crippen LogP contribution in [0.15, 0.2) is 66.0 Å². The Kier molecular flexibility index (Phi) is 9.94. The molecule has 0 radical (unpaired) electrons. The SMILES string of the molecule is C=C(/C=C(/Nc1cccc(C/C(C)=C\CCCN)c1OC)C(=C)C(=O)NC)NC(=O)C1CC1. The molecule has 5 N–H and O–H groups in total. The molecular weight excluding hydrogens is 416 g/mol. The third-order valence-corrected chi connectivity index (χ3v) is 5.32. The molecular formula is C26H36N4O3. The normalized spacial score (nSPS) is 13.8. The summed E-state index contributed by atoms with van der Waals surface area (Å²) < 4.78 is 5.72. The second kappa shape index (κ2) is 12.6. The molecule has 33 heavy (non-hydrogen) atoms. The number of unbranched alkanes of at least 4 members (excludes halogenated alkanes) is 1. The van der Waals surface area contributed by atoms with E-state index in [1.807, 2.05) is 18.2 Å². The van der Waals surface area contributed by atoms with E-state index in [9.17, 15) is 9.59 Å². The maximum atomic E-state index is 12.3. The van der Waals surface area contributed by atoms with Gasteiger partial charge in [0, 0.05) is 24.2 Å². The Hall–Kier alpha value is -3.32. The molecule has 1 aliphatic carbocycles. The van der Waals surface area contributed by atoms with Crippen LogP contribution in [0, 0.1) is 5.92 Å². The van der Waals surface area contributed by atoms with Gasteiger partial charge in [-0.2, -0.15) is 0 Å². The highest BCUT2D eigenvalue weighted by Crippen LogP contribution is 2.33. The average molecular weight is 453 g/mol. The Balaban J connectivity index is 2.30. The quantitative estimate of drug-likeness (QED) is 0.159. The van der Waals surface area contributed by atoms with Crippen LogP contribution in [-0.4, -0.2) is 32.5 Å². The van der Waals surface area contributed by atoms with Crippen LogP contribution in [-0.2, 0) is 16.0 Å². The highest BCUT2D eigenvalue weighted by Gasteiger charge is 2.29. The third-order valence-electron chi connectivity index (χ3n) is 5.32. The summed E-state index contributed by atoms with van der Waals surface area (Å²) in [4.78, 5) is 24.4. The molecule has 0 aromatic heterocycles. The van der Waals surface area contributed by atoms with E-state index in [1.54, 1.807) is 13.2 Å². The van der Waals surface area contributed by atoms with Gasteiger partial charge in [0.25, 0.3) is 5.91 Å². The van der Waals surface area contributed by atoms with Gasteiger partial charge < -0.3 is 26.4 Å². The van der Waals surface area contributed by atoms with Crippen molar-refractivity contribution in [2.45, 2.75) is 39.0 Å². The van der Waals surface area contributed by atoms with Crippen molar-refractivity contribution in [2.24, 2.45) is 11.7 Å². The number of ether oxygens (including phenoxy) is 1. The number of benzene rings is 1. The number of methoxy groups -OCH3 is 1. The average Bonchev–Trinajstić information content (AvgIpc) is 3.63. The zero-order valence-electron chi connectivity index (χ0n) is 19.9. The number of amides is 2. The van der Waals surface area contributed by atoms with Gasteiger partial charge in [0.1, 0.15) is 5.75 Å². The molecule has 0 aliphatic heterocycles. The second-order valence-corrected chi connectivity index (χ2v) is 8.19. The Morgan fingerprint density at radius 1 is 1.27 bits per heavy atom. The van der Waals surface area contributed by atoms with Gasteiger partial charge in [0.2, 0.25) is 5.91 Å². The molecule has 2 rings (SSSR count). The first-order valence-electron chi connectivity index (χ1n) is 11.2. The third kappa shape index (κ3) is 7.95. The molecule has 0 heterocycles. The summed E-state index contributed by atoms with van der Waals surface area (Å²) in [7, 11) is 3.15. The number of para-hydroxylation sites is 1. The lowest BCUT2D eigenvalue weighted by Crippen LogP contribution is -2.25. The summed E-state index contributed by atoms with van der Waals surface area (Å²) in [6.07, 6.45) is 8.21. The van der Waals surface area contributed by atoms with Crippen molar-refractivity contribution in [2.75, 3.05) is 26.0 Å². The van der Waals surface area contributed by atoms with Crippen molar-refractivity contribution >= 4 is 17.5 Å². The molecule has 1 aromatic carbocycles. The summed E-state index contributed by atoms with van der Waals surface area (Å²) in [5.41, 5.74) is 9.51. The zero-order valence-corrected chi connectivity index (χ0v) is 19.9. The molecule has 7 nitrogen and oxygen atoms in total. The van der Waals surface area contributed by atoms with Gasteiger partial charge in [0.15, 0.2) is 0 Å². The number of hydrogen-bond acceptors (Lipinski definition) is 5. The van der Waals surface area contributed by atoms with Crippen molar-refractivity contribution in [1.29, 1.82) is 0 Å². The van der Waals surface area contributed by atoms with Crippen LogP contribution in [0.3, 0.4) is 0 Å². The number of nitrogens with two attached hydrogens (primary N) is 1. The fourth-order valence-corrected chi connectivity index (χ4v) is 3.34. The van der Waals surface area contributed by atoms with Gasteiger partial charge in [-0.15, -0.1) is 0 Å². The minimum absolute atomic E-state index is 0.0478. The van der Waals surface area contributed by atoms with Crippen LogP contribution in [0.4, 0.5) is 5.69 Å². The molecule has 1 aromatic rings. The summed E-state index contributed by atoms with van der Waals surface area (Å²) in [5.74, 6) is 0.320. The maximum absolute atomic E-state index is 12.3. The van der Waals surface area contributed by atoms with E-state index in [1.165, 1.54) is 12.6 Å². The first-order valence-corrected chi connectivity index (χ1v) is 11.2. The molecule has 7 heteroatoms. The van der Waals surface area contributed by atoms with Crippen LogP contribution >= 0.6 is 0 Å². The van der Waals surface area contributed by atoms with Gasteiger partial charge in [-0.1, -0.05) is 36.9 Å². The van der Waals surface area contributed by atoms with Crippen molar-refractivity contribution in [3.8, 4) is 5.75 Å². The van der Waals surface area contributed by atoms with E-state index in [-0.39, 0.29) is 23.3 Å². The lowest BCUT2D eigenvalue weighted by Gasteiger charge is -2.19. The fraction of sp³-hybridized carbons (Fsp3) is 0.385.